The molecule has 3 fully saturated rings. The Balaban J connectivity index is 1.59. The summed E-state index contributed by atoms with van der Waals surface area (Å²) < 4.78 is 0. The molecule has 2 aliphatic heterocycles. The second kappa shape index (κ2) is 4.42. The molecule has 0 spiro atoms. The predicted molar refractivity (Wildman–Crippen MR) is 62.9 cm³/mol. The lowest BCUT2D eigenvalue weighted by atomic mass is 9.78. The summed E-state index contributed by atoms with van der Waals surface area (Å²) in [5.41, 5.74) is 0. The highest BCUT2D eigenvalue weighted by Crippen LogP contribution is 2.35. The summed E-state index contributed by atoms with van der Waals surface area (Å²) in [5, 5.41) is 3.40. The predicted octanol–water partition coefficient (Wildman–Crippen LogP) is 1.86. The van der Waals surface area contributed by atoms with E-state index in [9.17, 15) is 0 Å². The maximum atomic E-state index is 3.40. The van der Waals surface area contributed by atoms with Gasteiger partial charge in [-0.3, -0.25) is 4.90 Å². The third-order valence-electron chi connectivity index (χ3n) is 4.72. The van der Waals surface area contributed by atoms with E-state index in [1.165, 1.54) is 64.7 Å². The number of likely N-dealkylation sites (tertiary alicyclic amines) is 1. The van der Waals surface area contributed by atoms with Crippen LogP contribution in [0.1, 0.15) is 38.5 Å². The fourth-order valence-electron chi connectivity index (χ4n) is 3.76. The van der Waals surface area contributed by atoms with Gasteiger partial charge in [0.05, 0.1) is 0 Å². The van der Waals surface area contributed by atoms with E-state index in [1.54, 1.807) is 0 Å². The Morgan fingerprint density at radius 3 is 2.60 bits per heavy atom. The summed E-state index contributed by atoms with van der Waals surface area (Å²) in [6.07, 6.45) is 8.97. The van der Waals surface area contributed by atoms with Crippen LogP contribution in [-0.4, -0.2) is 37.1 Å². The molecule has 15 heavy (non-hydrogen) atoms. The van der Waals surface area contributed by atoms with Crippen molar-refractivity contribution in [3.05, 3.63) is 0 Å². The van der Waals surface area contributed by atoms with Crippen molar-refractivity contribution in [3.8, 4) is 0 Å². The molecule has 1 saturated carbocycles. The molecule has 0 amide bonds. The Hall–Kier alpha value is -0.0800. The molecule has 86 valence electrons. The molecule has 2 nitrogen and oxygen atoms in total. The normalized spacial score (nSPS) is 38.4. The van der Waals surface area contributed by atoms with Gasteiger partial charge in [-0.05, 0) is 44.1 Å². The first-order valence-electron chi connectivity index (χ1n) is 6.88. The van der Waals surface area contributed by atoms with Crippen LogP contribution in [-0.2, 0) is 0 Å². The summed E-state index contributed by atoms with van der Waals surface area (Å²) in [7, 11) is 0. The fourth-order valence-corrected chi connectivity index (χ4v) is 3.76. The van der Waals surface area contributed by atoms with E-state index in [1.807, 2.05) is 0 Å². The Kier molecular flexibility index (Phi) is 2.98. The zero-order valence-corrected chi connectivity index (χ0v) is 9.75. The molecule has 3 aliphatic rings. The molecule has 1 aliphatic carbocycles. The van der Waals surface area contributed by atoms with Crippen LogP contribution in [0.15, 0.2) is 0 Å². The van der Waals surface area contributed by atoms with Crippen molar-refractivity contribution >= 4 is 0 Å². The number of nitrogens with zero attached hydrogens (tertiary/aromatic N) is 1. The van der Waals surface area contributed by atoms with Gasteiger partial charge in [-0.1, -0.05) is 12.8 Å². The Bertz CT molecular complexity index is 211. The van der Waals surface area contributed by atoms with Gasteiger partial charge in [0.2, 0.25) is 0 Å². The van der Waals surface area contributed by atoms with Crippen molar-refractivity contribution in [1.29, 1.82) is 0 Å². The molecule has 2 heteroatoms. The molecule has 0 aromatic rings. The minimum atomic E-state index is 0.964. The number of piperidine rings is 1. The number of hydrogen-bond donors (Lipinski definition) is 1. The standard InChI is InChI=1S/C13H24N2/c1-2-6-13-12(4-1)5-3-7-15(13)10-11-8-14-9-11/h11-14H,1-10H2. The van der Waals surface area contributed by atoms with E-state index in [0.29, 0.717) is 0 Å². The largest absolute Gasteiger partial charge is 0.316 e. The van der Waals surface area contributed by atoms with E-state index >= 15 is 0 Å². The summed E-state index contributed by atoms with van der Waals surface area (Å²) in [6, 6.07) is 0.966. The first kappa shape index (κ1) is 10.1. The monoisotopic (exact) mass is 208 g/mol. The van der Waals surface area contributed by atoms with Gasteiger partial charge in [0, 0.05) is 25.7 Å². The molecular formula is C13H24N2. The summed E-state index contributed by atoms with van der Waals surface area (Å²) in [5.74, 6) is 2.02. The van der Waals surface area contributed by atoms with Crippen LogP contribution in [0, 0.1) is 11.8 Å². The lowest BCUT2D eigenvalue weighted by molar-refractivity contribution is 0.0407. The smallest absolute Gasteiger partial charge is 0.0124 e. The third-order valence-corrected chi connectivity index (χ3v) is 4.72. The fraction of sp³-hybridized carbons (Fsp3) is 1.00. The summed E-state index contributed by atoms with van der Waals surface area (Å²) in [6.45, 7) is 5.31. The molecular weight excluding hydrogens is 184 g/mol. The highest BCUT2D eigenvalue weighted by atomic mass is 15.2. The highest BCUT2D eigenvalue weighted by Gasteiger charge is 2.34. The maximum Gasteiger partial charge on any atom is 0.0124 e. The summed E-state index contributed by atoms with van der Waals surface area (Å²) >= 11 is 0. The lowest BCUT2D eigenvalue weighted by Crippen LogP contribution is -2.54. The van der Waals surface area contributed by atoms with Gasteiger partial charge < -0.3 is 5.32 Å². The quantitative estimate of drug-likeness (QED) is 0.745. The van der Waals surface area contributed by atoms with Crippen molar-refractivity contribution < 1.29 is 0 Å². The van der Waals surface area contributed by atoms with Crippen LogP contribution < -0.4 is 5.32 Å². The van der Waals surface area contributed by atoms with Gasteiger partial charge in [-0.2, -0.15) is 0 Å². The summed E-state index contributed by atoms with van der Waals surface area (Å²) in [4.78, 5) is 2.83. The van der Waals surface area contributed by atoms with E-state index < -0.39 is 0 Å². The first-order chi connectivity index (χ1) is 7.43. The minimum absolute atomic E-state index is 0.964. The molecule has 2 saturated heterocycles. The zero-order valence-electron chi connectivity index (χ0n) is 9.75. The molecule has 0 aromatic heterocycles. The van der Waals surface area contributed by atoms with Crippen molar-refractivity contribution in [2.45, 2.75) is 44.6 Å². The zero-order chi connectivity index (χ0) is 10.1. The molecule has 0 bridgehead atoms. The van der Waals surface area contributed by atoms with Crippen LogP contribution in [0.3, 0.4) is 0 Å². The van der Waals surface area contributed by atoms with Crippen LogP contribution >= 0.6 is 0 Å². The highest BCUT2D eigenvalue weighted by molar-refractivity contribution is 4.89. The van der Waals surface area contributed by atoms with Gasteiger partial charge in [-0.25, -0.2) is 0 Å². The lowest BCUT2D eigenvalue weighted by Gasteiger charge is -2.46. The molecule has 3 rings (SSSR count). The van der Waals surface area contributed by atoms with Gasteiger partial charge >= 0.3 is 0 Å². The molecule has 0 aromatic carbocycles. The number of fused-ring (bicyclic) bond motifs is 1. The van der Waals surface area contributed by atoms with Crippen LogP contribution in [0.2, 0.25) is 0 Å². The van der Waals surface area contributed by atoms with E-state index in [4.69, 9.17) is 0 Å². The maximum absolute atomic E-state index is 3.40. The third kappa shape index (κ3) is 2.07. The van der Waals surface area contributed by atoms with E-state index in [0.717, 1.165) is 17.9 Å². The average Bonchev–Trinajstić information content (AvgIpc) is 2.23. The van der Waals surface area contributed by atoms with Crippen molar-refractivity contribution in [2.75, 3.05) is 26.2 Å². The van der Waals surface area contributed by atoms with Crippen LogP contribution in [0.4, 0.5) is 0 Å². The van der Waals surface area contributed by atoms with Gasteiger partial charge in [0.15, 0.2) is 0 Å². The average molecular weight is 208 g/mol. The molecule has 2 atom stereocenters. The van der Waals surface area contributed by atoms with Crippen molar-refractivity contribution in [3.63, 3.8) is 0 Å². The van der Waals surface area contributed by atoms with E-state index in [2.05, 4.69) is 10.2 Å². The molecule has 2 heterocycles. The SMILES string of the molecule is C1CCC2C(C1)CCCN2CC1CNC1. The molecule has 2 unspecified atom stereocenters. The second-order valence-corrected chi connectivity index (χ2v) is 5.77. The number of hydrogen-bond acceptors (Lipinski definition) is 2. The Morgan fingerprint density at radius 2 is 1.80 bits per heavy atom. The first-order valence-corrected chi connectivity index (χ1v) is 6.88. The van der Waals surface area contributed by atoms with Crippen LogP contribution in [0.25, 0.3) is 0 Å². The topological polar surface area (TPSA) is 15.3 Å². The van der Waals surface area contributed by atoms with Gasteiger partial charge in [0.25, 0.3) is 0 Å². The van der Waals surface area contributed by atoms with Crippen molar-refractivity contribution in [1.82, 2.24) is 10.2 Å². The number of rotatable bonds is 2. The molecule has 1 N–H and O–H groups in total. The second-order valence-electron chi connectivity index (χ2n) is 5.77. The van der Waals surface area contributed by atoms with Gasteiger partial charge in [0.1, 0.15) is 0 Å². The van der Waals surface area contributed by atoms with E-state index in [-0.39, 0.29) is 0 Å². The number of nitrogens with one attached hydrogen (secondary N) is 1. The molecule has 0 radical (unpaired) electrons. The van der Waals surface area contributed by atoms with Crippen molar-refractivity contribution in [2.24, 2.45) is 11.8 Å². The van der Waals surface area contributed by atoms with Gasteiger partial charge in [-0.15, -0.1) is 0 Å². The minimum Gasteiger partial charge on any atom is -0.316 e. The Morgan fingerprint density at radius 1 is 1.00 bits per heavy atom. The Labute approximate surface area is 93.4 Å². The van der Waals surface area contributed by atoms with Crippen LogP contribution in [0.5, 0.6) is 0 Å².